The van der Waals surface area contributed by atoms with E-state index in [9.17, 15) is 9.18 Å². The first-order valence-corrected chi connectivity index (χ1v) is 9.02. The molecule has 1 atom stereocenters. The molecule has 2 N–H and O–H groups in total. The highest BCUT2D eigenvalue weighted by Gasteiger charge is 2.27. The molecule has 4 rings (SSSR count). The zero-order chi connectivity index (χ0) is 19.5. The number of halogens is 1. The number of nitrogens with one attached hydrogen (secondary N) is 2. The van der Waals surface area contributed by atoms with Crippen molar-refractivity contribution in [3.05, 3.63) is 77.1 Å². The van der Waals surface area contributed by atoms with Gasteiger partial charge >= 0.3 is 0 Å². The first-order chi connectivity index (χ1) is 13.7. The molecule has 28 heavy (non-hydrogen) atoms. The summed E-state index contributed by atoms with van der Waals surface area (Å²) in [7, 11) is 1.63. The van der Waals surface area contributed by atoms with Crippen molar-refractivity contribution in [1.29, 1.82) is 0 Å². The number of benzene rings is 2. The van der Waals surface area contributed by atoms with Crippen LogP contribution in [0.25, 0.3) is 0 Å². The number of hydrogen-bond acceptors (Lipinski definition) is 4. The van der Waals surface area contributed by atoms with E-state index in [1.165, 1.54) is 6.07 Å². The van der Waals surface area contributed by atoms with Crippen molar-refractivity contribution in [3.63, 3.8) is 0 Å². The molecule has 0 spiro atoms. The molecule has 0 fully saturated rings. The molecule has 1 amide bonds. The molecule has 7 heteroatoms. The molecular weight excluding hydrogens is 361 g/mol. The summed E-state index contributed by atoms with van der Waals surface area (Å²) in [5, 5.41) is 2.92. The van der Waals surface area contributed by atoms with Crippen molar-refractivity contribution in [2.45, 2.75) is 18.9 Å². The second-order valence-corrected chi connectivity index (χ2v) is 6.58. The van der Waals surface area contributed by atoms with Gasteiger partial charge in [0.1, 0.15) is 23.9 Å². The van der Waals surface area contributed by atoms with Gasteiger partial charge < -0.3 is 19.8 Å². The van der Waals surface area contributed by atoms with Crippen LogP contribution in [0, 0.1) is 5.82 Å². The lowest BCUT2D eigenvalue weighted by Crippen LogP contribution is -2.26. The lowest BCUT2D eigenvalue weighted by molar-refractivity contribution is 0.0949. The maximum atomic E-state index is 13.7. The lowest BCUT2D eigenvalue weighted by atomic mass is 9.93. The summed E-state index contributed by atoms with van der Waals surface area (Å²) in [6, 6.07) is 13.9. The highest BCUT2D eigenvalue weighted by atomic mass is 19.1. The second kappa shape index (κ2) is 7.72. The van der Waals surface area contributed by atoms with E-state index in [1.807, 2.05) is 24.3 Å². The number of H-pyrrole nitrogens is 1. The maximum absolute atomic E-state index is 13.7. The molecule has 2 aromatic carbocycles. The van der Waals surface area contributed by atoms with Gasteiger partial charge in [0.05, 0.1) is 7.11 Å². The maximum Gasteiger partial charge on any atom is 0.271 e. The Morgan fingerprint density at radius 3 is 2.68 bits per heavy atom. The van der Waals surface area contributed by atoms with Crippen LogP contribution in [0.4, 0.5) is 4.39 Å². The normalized spacial score (nSPS) is 16.1. The van der Waals surface area contributed by atoms with E-state index >= 15 is 0 Å². The fourth-order valence-electron chi connectivity index (χ4n) is 3.42. The number of amides is 1. The van der Waals surface area contributed by atoms with Crippen molar-refractivity contribution >= 4 is 5.91 Å². The van der Waals surface area contributed by atoms with Crippen LogP contribution in [0.5, 0.6) is 11.5 Å². The Bertz CT molecular complexity index is 1000. The largest absolute Gasteiger partial charge is 0.496 e. The minimum absolute atomic E-state index is 0.0422. The Balaban J connectivity index is 1.56. The van der Waals surface area contributed by atoms with Crippen molar-refractivity contribution < 1.29 is 18.7 Å². The third-order valence-electron chi connectivity index (χ3n) is 4.78. The molecule has 3 aromatic rings. The zero-order valence-electron chi connectivity index (χ0n) is 15.4. The Labute approximate surface area is 161 Å². The van der Waals surface area contributed by atoms with Crippen LogP contribution in [-0.2, 0) is 13.0 Å². The number of rotatable bonds is 5. The van der Waals surface area contributed by atoms with Crippen LogP contribution >= 0.6 is 0 Å². The van der Waals surface area contributed by atoms with Crippen molar-refractivity contribution in [3.8, 4) is 11.5 Å². The van der Waals surface area contributed by atoms with Gasteiger partial charge in [-0.15, -0.1) is 0 Å². The average Bonchev–Trinajstić information content (AvgIpc) is 3.06. The molecule has 0 bridgehead atoms. The number of nitrogens with zero attached hydrogens (tertiary/aromatic N) is 1. The number of fused-ring (bicyclic) bond motifs is 1. The molecule has 0 unspecified atom stereocenters. The highest BCUT2D eigenvalue weighted by molar-refractivity contribution is 5.94. The van der Waals surface area contributed by atoms with Crippen molar-refractivity contribution in [1.82, 2.24) is 15.3 Å². The number of para-hydroxylation sites is 2. The fourth-order valence-corrected chi connectivity index (χ4v) is 3.42. The van der Waals surface area contributed by atoms with E-state index in [2.05, 4.69) is 15.3 Å². The monoisotopic (exact) mass is 381 g/mol. The predicted molar refractivity (Wildman–Crippen MR) is 101 cm³/mol. The predicted octanol–water partition coefficient (Wildman–Crippen LogP) is 3.21. The quantitative estimate of drug-likeness (QED) is 0.712. The third-order valence-corrected chi connectivity index (χ3v) is 4.78. The number of carbonyl (C=O) groups excluding carboxylic acids is 1. The Morgan fingerprint density at radius 1 is 1.14 bits per heavy atom. The Hall–Kier alpha value is -3.35. The molecule has 0 saturated carbocycles. The average molecular weight is 381 g/mol. The molecule has 1 aliphatic rings. The van der Waals surface area contributed by atoms with Gasteiger partial charge in [0.15, 0.2) is 11.6 Å². The minimum atomic E-state index is -0.440. The van der Waals surface area contributed by atoms with E-state index in [1.54, 1.807) is 25.3 Å². The van der Waals surface area contributed by atoms with Gasteiger partial charge in [-0.1, -0.05) is 30.3 Å². The Morgan fingerprint density at radius 2 is 1.89 bits per heavy atom. The summed E-state index contributed by atoms with van der Waals surface area (Å²) >= 11 is 0. The SMILES string of the molecule is COc1ccccc1[C@@H]1CNC(=O)c2nc(COc3ccccc3F)[nH]c2C1. The smallest absolute Gasteiger partial charge is 0.271 e. The fraction of sp³-hybridized carbons (Fsp3) is 0.238. The number of methoxy groups -OCH3 is 1. The van der Waals surface area contributed by atoms with Crippen LogP contribution in [-0.4, -0.2) is 29.5 Å². The third kappa shape index (κ3) is 3.55. The van der Waals surface area contributed by atoms with E-state index < -0.39 is 5.82 Å². The second-order valence-electron chi connectivity index (χ2n) is 6.58. The van der Waals surface area contributed by atoms with Crippen LogP contribution < -0.4 is 14.8 Å². The van der Waals surface area contributed by atoms with Gasteiger partial charge in [-0.25, -0.2) is 9.37 Å². The summed E-state index contributed by atoms with van der Waals surface area (Å²) in [4.78, 5) is 20.0. The van der Waals surface area contributed by atoms with Crippen molar-refractivity contribution in [2.75, 3.05) is 13.7 Å². The van der Waals surface area contributed by atoms with Crippen LogP contribution in [0.15, 0.2) is 48.5 Å². The molecule has 6 nitrogen and oxygen atoms in total. The molecule has 2 heterocycles. The van der Waals surface area contributed by atoms with Gasteiger partial charge in [-0.2, -0.15) is 0 Å². The number of carbonyl (C=O) groups is 1. The topological polar surface area (TPSA) is 76.2 Å². The molecule has 1 aromatic heterocycles. The zero-order valence-corrected chi connectivity index (χ0v) is 15.4. The van der Waals surface area contributed by atoms with Gasteiger partial charge in [-0.3, -0.25) is 4.79 Å². The number of imidazole rings is 1. The molecular formula is C21H20FN3O3. The van der Waals surface area contributed by atoms with E-state index in [-0.39, 0.29) is 24.2 Å². The summed E-state index contributed by atoms with van der Waals surface area (Å²) in [5.41, 5.74) is 2.11. The first kappa shape index (κ1) is 18.0. The standard InChI is InChI=1S/C21H20FN3O3/c1-27-17-8-4-2-6-14(17)13-10-16-20(21(26)23-11-13)25-19(24-16)12-28-18-9-5-3-7-15(18)22/h2-9,13H,10-12H2,1H3,(H,23,26)(H,24,25)/t13-/m0/s1. The van der Waals surface area contributed by atoms with Crippen molar-refractivity contribution in [2.24, 2.45) is 0 Å². The van der Waals surface area contributed by atoms with Crippen LogP contribution in [0.1, 0.15) is 33.5 Å². The van der Waals surface area contributed by atoms with Gasteiger partial charge in [-0.05, 0) is 30.2 Å². The van der Waals surface area contributed by atoms with E-state index in [0.29, 0.717) is 24.5 Å². The summed E-state index contributed by atoms with van der Waals surface area (Å²) in [6.07, 6.45) is 0.598. The van der Waals surface area contributed by atoms with Gasteiger partial charge in [0.25, 0.3) is 5.91 Å². The molecule has 144 valence electrons. The van der Waals surface area contributed by atoms with Gasteiger partial charge in [0.2, 0.25) is 0 Å². The first-order valence-electron chi connectivity index (χ1n) is 9.02. The Kier molecular flexibility index (Phi) is 4.97. The summed E-state index contributed by atoms with van der Waals surface area (Å²) in [5.74, 6) is 0.773. The summed E-state index contributed by atoms with van der Waals surface area (Å²) in [6.45, 7) is 0.533. The molecule has 0 radical (unpaired) electrons. The van der Waals surface area contributed by atoms with Crippen LogP contribution in [0.2, 0.25) is 0 Å². The minimum Gasteiger partial charge on any atom is -0.496 e. The van der Waals surface area contributed by atoms with Crippen LogP contribution in [0.3, 0.4) is 0 Å². The summed E-state index contributed by atoms with van der Waals surface area (Å²) < 4.78 is 24.7. The van der Waals surface area contributed by atoms with Gasteiger partial charge in [0, 0.05) is 18.2 Å². The number of hydrogen-bond donors (Lipinski definition) is 2. The molecule has 0 saturated heterocycles. The number of aromatic nitrogens is 2. The van der Waals surface area contributed by atoms with E-state index in [4.69, 9.17) is 9.47 Å². The highest BCUT2D eigenvalue weighted by Crippen LogP contribution is 2.31. The molecule has 1 aliphatic heterocycles. The van der Waals surface area contributed by atoms with E-state index in [0.717, 1.165) is 17.0 Å². The number of ether oxygens (including phenoxy) is 2. The number of aromatic amines is 1. The lowest BCUT2D eigenvalue weighted by Gasteiger charge is -2.17. The molecule has 0 aliphatic carbocycles.